The Hall–Kier alpha value is -4.02. The smallest absolute Gasteiger partial charge is 0.681 e. The first-order chi connectivity index (χ1) is 30.6. The number of hydrogen-bond donors (Lipinski definition) is 0. The van der Waals surface area contributed by atoms with Gasteiger partial charge in [0, 0.05) is 6.42 Å². The number of rotatable bonds is 20. The van der Waals surface area contributed by atoms with Gasteiger partial charge in [-0.25, -0.2) is 0 Å². The van der Waals surface area contributed by atoms with E-state index in [4.69, 9.17) is 30.1 Å². The van der Waals surface area contributed by atoms with Crippen molar-refractivity contribution in [2.75, 3.05) is 13.7 Å². The summed E-state index contributed by atoms with van der Waals surface area (Å²) in [4.78, 5) is 51.6. The Morgan fingerprint density at radius 2 is 1.55 bits per heavy atom. The number of carbonyl (C=O) groups is 3. The molecule has 0 amide bonds. The van der Waals surface area contributed by atoms with Crippen LogP contribution >= 0.6 is 0 Å². The van der Waals surface area contributed by atoms with Crippen molar-refractivity contribution in [2.45, 2.75) is 152 Å². The Labute approximate surface area is 405 Å². The average molecular weight is 896 g/mol. The van der Waals surface area contributed by atoms with Crippen LogP contribution in [0.15, 0.2) is 46.5 Å². The van der Waals surface area contributed by atoms with Crippen molar-refractivity contribution >= 4 is 65.1 Å². The second-order valence-electron chi connectivity index (χ2n) is 19.8. The van der Waals surface area contributed by atoms with E-state index in [2.05, 4.69) is 68.0 Å². The maximum atomic E-state index is 14.4. The van der Waals surface area contributed by atoms with Gasteiger partial charge in [0.1, 0.15) is 12.5 Å². The molecule has 7 atom stereocenters. The molecule has 9 nitrogen and oxygen atoms in total. The molecular weight excluding hydrogens is 821 g/mol. The quantitative estimate of drug-likeness (QED) is 0.0561. The van der Waals surface area contributed by atoms with Gasteiger partial charge >= 0.3 is 35.0 Å². The van der Waals surface area contributed by atoms with Crippen LogP contribution in [0.5, 0.6) is 0 Å². The van der Waals surface area contributed by atoms with Crippen molar-refractivity contribution in [1.82, 2.24) is 9.97 Å². The van der Waals surface area contributed by atoms with Gasteiger partial charge in [-0.15, -0.1) is 33.9 Å². The molecule has 1 saturated heterocycles. The van der Waals surface area contributed by atoms with E-state index in [9.17, 15) is 14.4 Å². The Morgan fingerprint density at radius 3 is 2.20 bits per heavy atom. The zero-order chi connectivity index (χ0) is 46.4. The SMILES string of the molecule is C=Cc1c(C)/c2[n-]/c1=C\c1[n-]c(c(CC)c1C)/C=C1\[N-]C3=C(C(=O)[C@H](C(=O)OC)/C3=C3/[N-]C(\C=2)[C@@H](C)[C@@H]3CCC(=O)OC/C=C(/C)CCC[C@H](C)CCC[C@H](C)CCCC(C)C)C1C.[Mg+2]. The van der Waals surface area contributed by atoms with Crippen LogP contribution in [-0.4, -0.2) is 60.5 Å². The molecule has 2 aromatic heterocycles. The number of ketones is 1. The van der Waals surface area contributed by atoms with E-state index in [1.165, 1.54) is 57.6 Å². The van der Waals surface area contributed by atoms with Crippen molar-refractivity contribution in [3.8, 4) is 0 Å². The second-order valence-corrected chi connectivity index (χ2v) is 19.8. The molecule has 8 bridgehead atoms. The Kier molecular flexibility index (Phi) is 18.5. The summed E-state index contributed by atoms with van der Waals surface area (Å²) >= 11 is 0. The van der Waals surface area contributed by atoms with Gasteiger partial charge in [-0.1, -0.05) is 152 Å². The monoisotopic (exact) mass is 895 g/mol. The van der Waals surface area contributed by atoms with Gasteiger partial charge in [-0.2, -0.15) is 11.4 Å². The summed E-state index contributed by atoms with van der Waals surface area (Å²) in [5.74, 6) is -0.824. The first-order valence-corrected chi connectivity index (χ1v) is 24.3. The number of methoxy groups -OCH3 is 1. The van der Waals surface area contributed by atoms with Gasteiger partial charge in [0.25, 0.3) is 0 Å². The largest absolute Gasteiger partial charge is 2.00 e. The van der Waals surface area contributed by atoms with Gasteiger partial charge in [0.2, 0.25) is 0 Å². The van der Waals surface area contributed by atoms with E-state index in [0.717, 1.165) is 75.4 Å². The standard InChI is InChI=1S/C55H75N4O5.Mg/c1-13-39-35(8)42-28-44-37(10)41(24-25-48(60)64-27-26-34(7)23-17-22-33(6)21-16-20-32(5)19-15-18-31(3)4)52(58-44)50-51(55(62)63-12)54(61)49-38(11)45(59-53(49)50)30-47-40(14-2)36(9)43(57-47)29-46(39)56-42;/h13,26,28-33,37-38,41,44,51H,1,14-25,27H2,2-12H3,(H-,58,59,61);/q-3;+2/p-1/b34-26-,42-28-,45-30-,46-29-;/t32-,33-,37+,38?,41+,44?,51-;/m1./s1. The molecule has 2 unspecified atom stereocenters. The van der Waals surface area contributed by atoms with Gasteiger partial charge < -0.3 is 30.1 Å². The molecule has 0 aromatic carbocycles. The first kappa shape index (κ1) is 52.0. The van der Waals surface area contributed by atoms with Crippen LogP contribution in [0.25, 0.3) is 34.9 Å². The van der Waals surface area contributed by atoms with Gasteiger partial charge in [0.15, 0.2) is 5.78 Å². The fourth-order valence-electron chi connectivity index (χ4n) is 10.4. The number of hydrogen-bond acceptors (Lipinski definition) is 5. The summed E-state index contributed by atoms with van der Waals surface area (Å²) in [6.45, 7) is 26.2. The number of esters is 2. The zero-order valence-electron chi connectivity index (χ0n) is 41.4. The number of aromatic nitrogens is 2. The number of carbonyl (C=O) groups excluding carboxylic acids is 3. The zero-order valence-corrected chi connectivity index (χ0v) is 42.9. The van der Waals surface area contributed by atoms with Crippen molar-refractivity contribution in [1.29, 1.82) is 0 Å². The molecule has 2 aromatic rings. The van der Waals surface area contributed by atoms with E-state index in [1.54, 1.807) is 0 Å². The number of nitrogens with zero attached hydrogens (tertiary/aromatic N) is 4. The molecule has 1 fully saturated rings. The molecule has 5 heterocycles. The minimum atomic E-state index is -1.19. The number of fused-ring (bicyclic) bond motifs is 7. The number of ether oxygens (including phenoxy) is 2. The molecule has 0 saturated carbocycles. The van der Waals surface area contributed by atoms with Crippen LogP contribution in [0.1, 0.15) is 160 Å². The predicted molar refractivity (Wildman–Crippen MR) is 265 cm³/mol. The first-order valence-electron chi connectivity index (χ1n) is 24.3. The van der Waals surface area contributed by atoms with Crippen molar-refractivity contribution < 1.29 is 23.9 Å². The van der Waals surface area contributed by atoms with Crippen LogP contribution in [0.2, 0.25) is 0 Å². The van der Waals surface area contributed by atoms with Crippen molar-refractivity contribution in [3.05, 3.63) is 101 Å². The molecule has 6 rings (SSSR count). The maximum absolute atomic E-state index is 14.4. The summed E-state index contributed by atoms with van der Waals surface area (Å²) in [5.41, 5.74) is 9.80. The van der Waals surface area contributed by atoms with Crippen LogP contribution in [0.4, 0.5) is 0 Å². The van der Waals surface area contributed by atoms with Crippen LogP contribution in [-0.2, 0) is 30.3 Å². The Morgan fingerprint density at radius 1 is 0.877 bits per heavy atom. The third kappa shape index (κ3) is 11.8. The molecule has 3 aliphatic heterocycles. The van der Waals surface area contributed by atoms with E-state index in [-0.39, 0.29) is 71.6 Å². The van der Waals surface area contributed by atoms with Crippen LogP contribution in [0.3, 0.4) is 0 Å². The number of allylic oxidation sites excluding steroid dienone is 4. The van der Waals surface area contributed by atoms with Crippen LogP contribution in [0, 0.1) is 55.3 Å². The van der Waals surface area contributed by atoms with Crippen molar-refractivity contribution in [3.63, 3.8) is 0 Å². The topological polar surface area (TPSA) is 126 Å². The van der Waals surface area contributed by atoms with E-state index in [0.29, 0.717) is 40.6 Å². The molecule has 348 valence electrons. The average Bonchev–Trinajstić information content (AvgIpc) is 3.99. The van der Waals surface area contributed by atoms with Crippen LogP contribution < -0.4 is 20.7 Å². The van der Waals surface area contributed by atoms with E-state index >= 15 is 0 Å². The van der Waals surface area contributed by atoms with E-state index in [1.807, 2.05) is 38.2 Å². The summed E-state index contributed by atoms with van der Waals surface area (Å²) in [5, 5.41) is 12.0. The second kappa shape index (κ2) is 23.1. The summed E-state index contributed by atoms with van der Waals surface area (Å²) < 4.78 is 11.1. The third-order valence-corrected chi connectivity index (χ3v) is 14.6. The Balaban J connectivity index is 0.00000793. The van der Waals surface area contributed by atoms with Gasteiger partial charge in [0.05, 0.1) is 7.11 Å². The summed E-state index contributed by atoms with van der Waals surface area (Å²) in [7, 11) is 1.31. The fourth-order valence-corrected chi connectivity index (χ4v) is 10.4. The summed E-state index contributed by atoms with van der Waals surface area (Å²) in [6.07, 6.45) is 22.6. The predicted octanol–water partition coefficient (Wildman–Crippen LogP) is 10.6. The molecule has 0 N–H and O–H groups in total. The van der Waals surface area contributed by atoms with Gasteiger partial charge in [-0.3, -0.25) is 14.4 Å². The molecule has 65 heavy (non-hydrogen) atoms. The van der Waals surface area contributed by atoms with Gasteiger partial charge in [-0.05, 0) is 99.2 Å². The maximum Gasteiger partial charge on any atom is 2.00 e. The normalized spacial score (nSPS) is 25.1. The summed E-state index contributed by atoms with van der Waals surface area (Å²) in [6, 6.07) is -0.351. The minimum Gasteiger partial charge on any atom is -0.681 e. The molecular formula is C55H74MgN4O5-2. The molecule has 0 radical (unpaired) electrons. The molecule has 10 heteroatoms. The minimum absolute atomic E-state index is 0. The fraction of sp³-hybridized carbons (Fsp3) is 0.582. The molecule has 0 spiro atoms. The third-order valence-electron chi connectivity index (χ3n) is 14.6. The number of Topliss-reactive ketones (excluding diaryl/α,β-unsaturated/α-hetero) is 1. The molecule has 1 aliphatic carbocycles. The van der Waals surface area contributed by atoms with E-state index < -0.39 is 11.9 Å². The van der Waals surface area contributed by atoms with Crippen molar-refractivity contribution in [2.24, 2.45) is 41.4 Å². The Bertz CT molecular complexity index is 2340. The molecule has 4 aliphatic rings.